The maximum Gasteiger partial charge on any atom is 0.262 e. The highest BCUT2D eigenvalue weighted by Gasteiger charge is 2.19. The number of benzene rings is 1. The summed E-state index contributed by atoms with van der Waals surface area (Å²) in [6.45, 7) is 6.37. The van der Waals surface area contributed by atoms with Crippen LogP contribution in [0.1, 0.15) is 44.0 Å². The molecule has 154 valence electrons. The molecule has 1 atom stereocenters. The summed E-state index contributed by atoms with van der Waals surface area (Å²) in [7, 11) is 0. The largest absolute Gasteiger partial charge is 0.369 e. The number of carbonyl (C=O) groups is 2. The number of thioether (sulfide) groups is 1. The van der Waals surface area contributed by atoms with E-state index in [9.17, 15) is 14.4 Å². The van der Waals surface area contributed by atoms with Crippen molar-refractivity contribution < 1.29 is 9.59 Å². The molecule has 2 heterocycles. The number of hydrogen-bond donors (Lipinski definition) is 2. The van der Waals surface area contributed by atoms with Crippen LogP contribution in [0.3, 0.4) is 0 Å². The van der Waals surface area contributed by atoms with E-state index in [2.05, 4.69) is 15.5 Å². The minimum atomic E-state index is -0.480. The van der Waals surface area contributed by atoms with E-state index in [-0.39, 0.29) is 23.3 Å². The Bertz CT molecular complexity index is 1140. The van der Waals surface area contributed by atoms with Crippen LogP contribution in [0.4, 0.5) is 0 Å². The lowest BCUT2D eigenvalue weighted by atomic mass is 10.1. The van der Waals surface area contributed by atoms with Gasteiger partial charge in [-0.1, -0.05) is 25.6 Å². The van der Waals surface area contributed by atoms with Crippen LogP contribution in [0.25, 0.3) is 16.7 Å². The van der Waals surface area contributed by atoms with Crippen molar-refractivity contribution in [3.63, 3.8) is 0 Å². The highest BCUT2D eigenvalue weighted by atomic mass is 32.2. The van der Waals surface area contributed by atoms with E-state index in [0.29, 0.717) is 33.9 Å². The Kier molecular flexibility index (Phi) is 6.21. The summed E-state index contributed by atoms with van der Waals surface area (Å²) in [4.78, 5) is 36.8. The molecular weight excluding hydrogens is 392 g/mol. The first kappa shape index (κ1) is 20.8. The molecule has 0 aliphatic carbocycles. The zero-order chi connectivity index (χ0) is 21.1. The van der Waals surface area contributed by atoms with Crippen LogP contribution in [0.15, 0.2) is 28.2 Å². The van der Waals surface area contributed by atoms with Crippen LogP contribution in [0.5, 0.6) is 0 Å². The monoisotopic (exact) mass is 416 g/mol. The molecule has 2 amide bonds. The highest BCUT2D eigenvalue weighted by Crippen LogP contribution is 2.22. The maximum atomic E-state index is 13.0. The van der Waals surface area contributed by atoms with Crippen molar-refractivity contribution in [3.05, 3.63) is 34.1 Å². The van der Waals surface area contributed by atoms with E-state index in [4.69, 9.17) is 5.73 Å². The quantitative estimate of drug-likeness (QED) is 0.537. The lowest BCUT2D eigenvalue weighted by Crippen LogP contribution is -2.32. The van der Waals surface area contributed by atoms with Gasteiger partial charge in [0.25, 0.3) is 11.5 Å². The molecule has 0 saturated heterocycles. The fraction of sp³-hybridized carbons (Fsp3) is 0.421. The summed E-state index contributed by atoms with van der Waals surface area (Å²) >= 11 is 1.14. The number of fused-ring (bicyclic) bond motifs is 3. The number of nitrogens with zero attached hydrogens (tertiary/aromatic N) is 4. The van der Waals surface area contributed by atoms with Crippen molar-refractivity contribution in [1.82, 2.24) is 24.5 Å². The lowest BCUT2D eigenvalue weighted by Gasteiger charge is -2.13. The number of nitrogens with two attached hydrogens (primary N) is 1. The van der Waals surface area contributed by atoms with Gasteiger partial charge in [0.15, 0.2) is 5.16 Å². The predicted octanol–water partition coefficient (Wildman–Crippen LogP) is 1.56. The molecule has 9 nitrogen and oxygen atoms in total. The Labute approximate surface area is 171 Å². The van der Waals surface area contributed by atoms with Crippen molar-refractivity contribution in [2.75, 3.05) is 5.75 Å². The van der Waals surface area contributed by atoms with Crippen molar-refractivity contribution in [2.45, 2.75) is 51.4 Å². The maximum absolute atomic E-state index is 13.0. The van der Waals surface area contributed by atoms with Crippen LogP contribution >= 0.6 is 11.8 Å². The smallest absolute Gasteiger partial charge is 0.262 e. The van der Waals surface area contributed by atoms with E-state index in [1.165, 1.54) is 0 Å². The summed E-state index contributed by atoms with van der Waals surface area (Å²) in [5.74, 6) is -0.294. The number of aromatic nitrogens is 4. The Morgan fingerprint density at radius 3 is 2.69 bits per heavy atom. The second-order valence-electron chi connectivity index (χ2n) is 6.84. The Balaban J connectivity index is 2.24. The van der Waals surface area contributed by atoms with Gasteiger partial charge < -0.3 is 11.1 Å². The van der Waals surface area contributed by atoms with Crippen LogP contribution < -0.4 is 16.6 Å². The molecule has 0 bridgehead atoms. The van der Waals surface area contributed by atoms with Gasteiger partial charge >= 0.3 is 0 Å². The third-order valence-corrected chi connectivity index (χ3v) is 5.57. The molecule has 2 aromatic heterocycles. The number of rotatable bonds is 8. The predicted molar refractivity (Wildman–Crippen MR) is 112 cm³/mol. The van der Waals surface area contributed by atoms with Crippen LogP contribution in [0.2, 0.25) is 0 Å². The molecule has 0 spiro atoms. The molecule has 29 heavy (non-hydrogen) atoms. The normalized spacial score (nSPS) is 12.4. The number of amides is 2. The highest BCUT2D eigenvalue weighted by molar-refractivity contribution is 7.99. The van der Waals surface area contributed by atoms with Gasteiger partial charge in [-0.25, -0.2) is 0 Å². The fourth-order valence-corrected chi connectivity index (χ4v) is 3.67. The molecule has 3 N–H and O–H groups in total. The lowest BCUT2D eigenvalue weighted by molar-refractivity contribution is -0.115. The summed E-state index contributed by atoms with van der Waals surface area (Å²) in [5.41, 5.74) is 6.03. The molecule has 0 fully saturated rings. The van der Waals surface area contributed by atoms with Gasteiger partial charge in [0.05, 0.1) is 16.7 Å². The topological polar surface area (TPSA) is 124 Å². The Morgan fingerprint density at radius 1 is 1.28 bits per heavy atom. The first-order valence-electron chi connectivity index (χ1n) is 9.51. The number of hydrogen-bond acceptors (Lipinski definition) is 6. The molecular formula is C19H24N6O3S. The summed E-state index contributed by atoms with van der Waals surface area (Å²) in [6, 6.07) is 4.99. The SMILES string of the molecule is CCCn1c(=O)c2ccc(C(=O)NC(C)CC)cc2n2c(SCC(N)=O)nnc12. The van der Waals surface area contributed by atoms with E-state index in [0.717, 1.165) is 24.6 Å². The second kappa shape index (κ2) is 8.64. The Morgan fingerprint density at radius 2 is 2.03 bits per heavy atom. The standard InChI is InChI=1S/C19H24N6O3S/c1-4-8-24-17(28)13-7-6-12(16(27)21-11(3)5-2)9-14(13)25-18(24)22-23-19(25)29-10-15(20)26/h6-7,9,11H,4-5,8,10H2,1-3H3,(H2,20,26)(H,21,27). The van der Waals surface area contributed by atoms with Gasteiger partial charge in [-0.15, -0.1) is 10.2 Å². The molecule has 1 unspecified atom stereocenters. The molecule has 3 rings (SSSR count). The van der Waals surface area contributed by atoms with Crippen LogP contribution in [-0.4, -0.2) is 42.8 Å². The molecule has 0 aliphatic heterocycles. The van der Waals surface area contributed by atoms with E-state index in [1.807, 2.05) is 20.8 Å². The third-order valence-electron chi connectivity index (χ3n) is 4.61. The third kappa shape index (κ3) is 4.12. The molecule has 0 aliphatic rings. The average Bonchev–Trinajstić information content (AvgIpc) is 3.12. The minimum Gasteiger partial charge on any atom is -0.369 e. The van der Waals surface area contributed by atoms with Crippen molar-refractivity contribution in [2.24, 2.45) is 5.73 Å². The van der Waals surface area contributed by atoms with E-state index in [1.54, 1.807) is 27.2 Å². The first-order valence-corrected chi connectivity index (χ1v) is 10.5. The van der Waals surface area contributed by atoms with Gasteiger partial charge in [-0.3, -0.25) is 23.4 Å². The number of nitrogens with one attached hydrogen (secondary N) is 1. The van der Waals surface area contributed by atoms with E-state index < -0.39 is 5.91 Å². The van der Waals surface area contributed by atoms with E-state index >= 15 is 0 Å². The zero-order valence-corrected chi connectivity index (χ0v) is 17.5. The number of primary amides is 1. The number of aryl methyl sites for hydroxylation is 1. The van der Waals surface area contributed by atoms with Crippen molar-refractivity contribution >= 4 is 40.3 Å². The molecule has 0 saturated carbocycles. The molecule has 10 heteroatoms. The van der Waals surface area contributed by atoms with Crippen molar-refractivity contribution in [3.8, 4) is 0 Å². The molecule has 3 aromatic rings. The van der Waals surface area contributed by atoms with Crippen LogP contribution in [-0.2, 0) is 11.3 Å². The van der Waals surface area contributed by atoms with Crippen molar-refractivity contribution in [1.29, 1.82) is 0 Å². The minimum absolute atomic E-state index is 0.0311. The van der Waals surface area contributed by atoms with Gasteiger partial charge in [0.1, 0.15) is 0 Å². The fourth-order valence-electron chi connectivity index (χ4n) is 2.99. The van der Waals surface area contributed by atoms with Gasteiger partial charge in [0, 0.05) is 18.2 Å². The average molecular weight is 417 g/mol. The first-order chi connectivity index (χ1) is 13.9. The number of carbonyl (C=O) groups excluding carboxylic acids is 2. The zero-order valence-electron chi connectivity index (χ0n) is 16.6. The molecule has 0 radical (unpaired) electrons. The molecule has 1 aromatic carbocycles. The van der Waals surface area contributed by atoms with Gasteiger partial charge in [0.2, 0.25) is 11.7 Å². The second-order valence-corrected chi connectivity index (χ2v) is 7.79. The van der Waals surface area contributed by atoms with Crippen LogP contribution in [0, 0.1) is 0 Å². The summed E-state index contributed by atoms with van der Waals surface area (Å²) in [5, 5.41) is 12.1. The van der Waals surface area contributed by atoms with Gasteiger partial charge in [-0.05, 0) is 38.0 Å². The van der Waals surface area contributed by atoms with Gasteiger partial charge in [-0.2, -0.15) is 0 Å². The summed E-state index contributed by atoms with van der Waals surface area (Å²) in [6.07, 6.45) is 1.55. The Hall–Kier alpha value is -2.88. The summed E-state index contributed by atoms with van der Waals surface area (Å²) < 4.78 is 3.27.